The van der Waals surface area contributed by atoms with Gasteiger partial charge >= 0.3 is 0 Å². The van der Waals surface area contributed by atoms with Crippen molar-refractivity contribution >= 4 is 22.9 Å². The molecule has 19 heavy (non-hydrogen) atoms. The van der Waals surface area contributed by atoms with E-state index in [0.29, 0.717) is 5.37 Å². The Bertz CT molecular complexity index is 549. The third-order valence-electron chi connectivity index (χ3n) is 3.52. The topological polar surface area (TPSA) is 50.9 Å². The van der Waals surface area contributed by atoms with E-state index in [-0.39, 0.29) is 6.61 Å². The molecule has 1 atom stereocenters. The number of thioether (sulfide) groups is 1. The van der Waals surface area contributed by atoms with Gasteiger partial charge in [-0.25, -0.2) is 9.97 Å². The van der Waals surface area contributed by atoms with Gasteiger partial charge in [0.15, 0.2) is 5.65 Å². The number of fused-ring (bicyclic) bond motifs is 1. The highest BCUT2D eigenvalue weighted by atomic mass is 32.2. The van der Waals surface area contributed by atoms with Gasteiger partial charge in [0.25, 0.3) is 0 Å². The Morgan fingerprint density at radius 2 is 2.37 bits per heavy atom. The fourth-order valence-corrected chi connectivity index (χ4v) is 3.97. The average molecular weight is 277 g/mol. The van der Waals surface area contributed by atoms with E-state index in [2.05, 4.69) is 9.55 Å². The second kappa shape index (κ2) is 5.92. The first-order chi connectivity index (χ1) is 9.40. The van der Waals surface area contributed by atoms with Crippen LogP contribution < -0.4 is 0 Å². The molecule has 3 heterocycles. The lowest BCUT2D eigenvalue weighted by Gasteiger charge is -2.24. The van der Waals surface area contributed by atoms with Crippen molar-refractivity contribution < 1.29 is 5.11 Å². The third kappa shape index (κ3) is 2.62. The molecular formula is C14H19N3OS. The van der Waals surface area contributed by atoms with Crippen LogP contribution in [0.1, 0.15) is 36.9 Å². The van der Waals surface area contributed by atoms with Crippen molar-refractivity contribution in [2.24, 2.45) is 0 Å². The van der Waals surface area contributed by atoms with Crippen LogP contribution in [-0.4, -0.2) is 32.0 Å². The molecule has 0 saturated carbocycles. The summed E-state index contributed by atoms with van der Waals surface area (Å²) in [4.78, 5) is 9.21. The van der Waals surface area contributed by atoms with Gasteiger partial charge < -0.3 is 9.67 Å². The first-order valence-corrected chi connectivity index (χ1v) is 7.99. The maximum absolute atomic E-state index is 9.05. The Kier molecular flexibility index (Phi) is 4.03. The van der Waals surface area contributed by atoms with Crippen LogP contribution in [0.3, 0.4) is 0 Å². The van der Waals surface area contributed by atoms with Crippen LogP contribution in [0.4, 0.5) is 0 Å². The van der Waals surface area contributed by atoms with Crippen molar-refractivity contribution in [1.82, 2.24) is 14.5 Å². The summed E-state index contributed by atoms with van der Waals surface area (Å²) in [6, 6.07) is 3.96. The lowest BCUT2D eigenvalue weighted by molar-refractivity contribution is 0.286. The molecule has 2 aromatic heterocycles. The van der Waals surface area contributed by atoms with Crippen molar-refractivity contribution in [1.29, 1.82) is 0 Å². The number of aliphatic hydroxyl groups is 1. The van der Waals surface area contributed by atoms with Gasteiger partial charge in [-0.15, -0.1) is 11.8 Å². The van der Waals surface area contributed by atoms with Gasteiger partial charge in [0.05, 0.1) is 5.37 Å². The number of nitrogens with zero attached hydrogens (tertiary/aromatic N) is 3. The maximum Gasteiger partial charge on any atom is 0.160 e. The average Bonchev–Trinajstić information content (AvgIpc) is 2.84. The Hall–Kier alpha value is -1.07. The van der Waals surface area contributed by atoms with E-state index in [9.17, 15) is 0 Å². The van der Waals surface area contributed by atoms with Crippen LogP contribution in [0.5, 0.6) is 0 Å². The van der Waals surface area contributed by atoms with Crippen molar-refractivity contribution in [3.05, 3.63) is 24.2 Å². The SMILES string of the molecule is OCCCc1nc2cccnc2n1C1CCCCS1. The standard InChI is InChI=1S/C14H19N3OS/c18-9-4-6-12-16-11-5-3-8-15-14(11)17(12)13-7-1-2-10-19-13/h3,5,8,13,18H,1-2,4,6-7,9-10H2. The minimum Gasteiger partial charge on any atom is -0.396 e. The number of pyridine rings is 1. The van der Waals surface area contributed by atoms with Crippen LogP contribution in [-0.2, 0) is 6.42 Å². The van der Waals surface area contributed by atoms with Crippen molar-refractivity contribution in [3.8, 4) is 0 Å². The molecule has 102 valence electrons. The summed E-state index contributed by atoms with van der Waals surface area (Å²) in [6.45, 7) is 0.217. The van der Waals surface area contributed by atoms with E-state index in [4.69, 9.17) is 10.1 Å². The molecule has 1 N–H and O–H groups in total. The molecule has 1 aliphatic rings. The van der Waals surface area contributed by atoms with E-state index in [1.165, 1.54) is 25.0 Å². The number of rotatable bonds is 4. The van der Waals surface area contributed by atoms with Gasteiger partial charge in [0.2, 0.25) is 0 Å². The highest BCUT2D eigenvalue weighted by Crippen LogP contribution is 2.37. The molecule has 0 bridgehead atoms. The zero-order valence-corrected chi connectivity index (χ0v) is 11.8. The van der Waals surface area contributed by atoms with Gasteiger partial charge in [-0.2, -0.15) is 0 Å². The molecule has 5 heteroatoms. The van der Waals surface area contributed by atoms with Crippen molar-refractivity contribution in [3.63, 3.8) is 0 Å². The van der Waals surface area contributed by atoms with E-state index in [0.717, 1.165) is 29.8 Å². The molecule has 4 nitrogen and oxygen atoms in total. The molecule has 0 amide bonds. The van der Waals surface area contributed by atoms with Gasteiger partial charge in [-0.3, -0.25) is 0 Å². The summed E-state index contributed by atoms with van der Waals surface area (Å²) in [6.07, 6.45) is 7.21. The fourth-order valence-electron chi connectivity index (χ4n) is 2.62. The Balaban J connectivity index is 2.01. The summed E-state index contributed by atoms with van der Waals surface area (Å²) in [5.41, 5.74) is 1.97. The number of aliphatic hydroxyl groups excluding tert-OH is 1. The predicted octanol–water partition coefficient (Wildman–Crippen LogP) is 2.77. The van der Waals surface area contributed by atoms with Gasteiger partial charge in [0.1, 0.15) is 11.3 Å². The van der Waals surface area contributed by atoms with Crippen LogP contribution >= 0.6 is 11.8 Å². The zero-order valence-electron chi connectivity index (χ0n) is 11.0. The smallest absolute Gasteiger partial charge is 0.160 e. The molecule has 0 aromatic carbocycles. The number of imidazole rings is 1. The molecule has 3 rings (SSSR count). The predicted molar refractivity (Wildman–Crippen MR) is 78.3 cm³/mol. The molecule has 1 aliphatic heterocycles. The van der Waals surface area contributed by atoms with Gasteiger partial charge in [0, 0.05) is 19.2 Å². The molecule has 0 spiro atoms. The number of aromatic nitrogens is 3. The minimum absolute atomic E-state index is 0.217. The van der Waals surface area contributed by atoms with Crippen LogP contribution in [0.15, 0.2) is 18.3 Å². The van der Waals surface area contributed by atoms with Crippen molar-refractivity contribution in [2.45, 2.75) is 37.5 Å². The first kappa shape index (κ1) is 12.9. The Morgan fingerprint density at radius 3 is 3.16 bits per heavy atom. The Labute approximate surface area is 117 Å². The van der Waals surface area contributed by atoms with E-state index >= 15 is 0 Å². The summed E-state index contributed by atoms with van der Waals surface area (Å²) >= 11 is 2.00. The zero-order chi connectivity index (χ0) is 13.1. The van der Waals surface area contributed by atoms with Crippen LogP contribution in [0.25, 0.3) is 11.2 Å². The van der Waals surface area contributed by atoms with E-state index in [1.807, 2.05) is 30.1 Å². The molecule has 2 aromatic rings. The van der Waals surface area contributed by atoms with Gasteiger partial charge in [-0.05, 0) is 43.6 Å². The molecular weight excluding hydrogens is 258 g/mol. The largest absolute Gasteiger partial charge is 0.396 e. The second-order valence-corrected chi connectivity index (χ2v) is 6.18. The van der Waals surface area contributed by atoms with E-state index < -0.39 is 0 Å². The monoisotopic (exact) mass is 277 g/mol. The molecule has 0 radical (unpaired) electrons. The highest BCUT2D eigenvalue weighted by Gasteiger charge is 2.22. The highest BCUT2D eigenvalue weighted by molar-refractivity contribution is 7.99. The summed E-state index contributed by atoms with van der Waals surface area (Å²) in [5, 5.41) is 9.51. The molecule has 1 unspecified atom stereocenters. The Morgan fingerprint density at radius 1 is 1.42 bits per heavy atom. The second-order valence-electron chi connectivity index (χ2n) is 4.89. The van der Waals surface area contributed by atoms with Crippen LogP contribution in [0, 0.1) is 0 Å². The summed E-state index contributed by atoms with van der Waals surface area (Å²) in [5.74, 6) is 2.29. The van der Waals surface area contributed by atoms with Crippen LogP contribution in [0.2, 0.25) is 0 Å². The first-order valence-electron chi connectivity index (χ1n) is 6.94. The quantitative estimate of drug-likeness (QED) is 0.933. The lowest BCUT2D eigenvalue weighted by atomic mass is 10.2. The number of hydrogen-bond donors (Lipinski definition) is 1. The third-order valence-corrected chi connectivity index (χ3v) is 4.88. The maximum atomic E-state index is 9.05. The van der Waals surface area contributed by atoms with E-state index in [1.54, 1.807) is 0 Å². The van der Waals surface area contributed by atoms with Crippen molar-refractivity contribution in [2.75, 3.05) is 12.4 Å². The minimum atomic E-state index is 0.217. The number of aryl methyl sites for hydroxylation is 1. The molecule has 1 fully saturated rings. The normalized spacial score (nSPS) is 19.9. The molecule has 1 saturated heterocycles. The summed E-state index contributed by atoms with van der Waals surface area (Å²) < 4.78 is 2.30. The lowest BCUT2D eigenvalue weighted by Crippen LogP contribution is -2.14. The van der Waals surface area contributed by atoms with Gasteiger partial charge in [-0.1, -0.05) is 0 Å². The molecule has 0 aliphatic carbocycles. The fraction of sp³-hybridized carbons (Fsp3) is 0.571. The summed E-state index contributed by atoms with van der Waals surface area (Å²) in [7, 11) is 0. The number of hydrogen-bond acceptors (Lipinski definition) is 4.